The molecule has 4 heteroatoms. The van der Waals surface area contributed by atoms with E-state index < -0.39 is 0 Å². The average Bonchev–Trinajstić information content (AvgIpc) is 2.48. The summed E-state index contributed by atoms with van der Waals surface area (Å²) < 4.78 is 5.36. The minimum absolute atomic E-state index is 0.198. The molecule has 1 saturated heterocycles. The second-order valence-corrected chi connectivity index (χ2v) is 5.94. The van der Waals surface area contributed by atoms with Gasteiger partial charge >= 0.3 is 0 Å². The van der Waals surface area contributed by atoms with Gasteiger partial charge in [0.1, 0.15) is 5.75 Å². The number of rotatable bonds is 5. The van der Waals surface area contributed by atoms with Crippen LogP contribution in [0.1, 0.15) is 31.7 Å². The highest BCUT2D eigenvalue weighted by atomic mass is 16.5. The molecule has 1 fully saturated rings. The first-order valence-corrected chi connectivity index (χ1v) is 7.68. The normalized spacial score (nSPS) is 17.6. The number of para-hydroxylation sites is 1. The van der Waals surface area contributed by atoms with Gasteiger partial charge < -0.3 is 14.7 Å². The highest BCUT2D eigenvalue weighted by Gasteiger charge is 2.22. The van der Waals surface area contributed by atoms with E-state index in [1.807, 2.05) is 23.1 Å². The third kappa shape index (κ3) is 4.46. The SMILES string of the molecule is COc1ccccc1CC(C)CC(=O)N1CCC(O)CC1. The third-order valence-electron chi connectivity index (χ3n) is 4.10. The molecule has 1 aromatic carbocycles. The van der Waals surface area contributed by atoms with E-state index in [9.17, 15) is 9.90 Å². The Hall–Kier alpha value is -1.55. The largest absolute Gasteiger partial charge is 0.496 e. The van der Waals surface area contributed by atoms with E-state index in [-0.39, 0.29) is 17.9 Å². The van der Waals surface area contributed by atoms with Crippen LogP contribution in [0.25, 0.3) is 0 Å². The van der Waals surface area contributed by atoms with Crippen molar-refractivity contribution >= 4 is 5.91 Å². The van der Waals surface area contributed by atoms with Gasteiger partial charge in [-0.1, -0.05) is 25.1 Å². The first-order valence-electron chi connectivity index (χ1n) is 7.68. The van der Waals surface area contributed by atoms with E-state index in [0.29, 0.717) is 32.4 Å². The van der Waals surface area contributed by atoms with Crippen LogP contribution in [-0.2, 0) is 11.2 Å². The quantitative estimate of drug-likeness (QED) is 0.905. The van der Waals surface area contributed by atoms with Crippen molar-refractivity contribution in [2.24, 2.45) is 5.92 Å². The molecule has 0 aromatic heterocycles. The molecule has 1 atom stereocenters. The molecule has 116 valence electrons. The molecule has 0 spiro atoms. The minimum Gasteiger partial charge on any atom is -0.496 e. The number of nitrogens with zero attached hydrogens (tertiary/aromatic N) is 1. The van der Waals surface area contributed by atoms with Gasteiger partial charge in [-0.2, -0.15) is 0 Å². The fourth-order valence-corrected chi connectivity index (χ4v) is 2.86. The van der Waals surface area contributed by atoms with Crippen LogP contribution in [0.2, 0.25) is 0 Å². The first kappa shape index (κ1) is 15.8. The van der Waals surface area contributed by atoms with Gasteiger partial charge in [-0.05, 0) is 36.8 Å². The van der Waals surface area contributed by atoms with E-state index in [4.69, 9.17) is 4.74 Å². The lowest BCUT2D eigenvalue weighted by atomic mass is 9.96. The van der Waals surface area contributed by atoms with Crippen LogP contribution in [-0.4, -0.2) is 42.2 Å². The molecule has 2 rings (SSSR count). The lowest BCUT2D eigenvalue weighted by Gasteiger charge is -2.30. The number of aliphatic hydroxyl groups excluding tert-OH is 1. The van der Waals surface area contributed by atoms with Crippen LogP contribution >= 0.6 is 0 Å². The number of carbonyl (C=O) groups excluding carboxylic acids is 1. The molecule has 0 aliphatic carbocycles. The van der Waals surface area contributed by atoms with E-state index in [0.717, 1.165) is 17.7 Å². The molecular formula is C17H25NO3. The van der Waals surface area contributed by atoms with E-state index in [1.54, 1.807) is 7.11 Å². The van der Waals surface area contributed by atoms with Gasteiger partial charge in [-0.15, -0.1) is 0 Å². The van der Waals surface area contributed by atoms with Gasteiger partial charge in [0, 0.05) is 19.5 Å². The Morgan fingerprint density at radius 3 is 2.71 bits per heavy atom. The highest BCUT2D eigenvalue weighted by Crippen LogP contribution is 2.23. The minimum atomic E-state index is -0.236. The number of amides is 1. The van der Waals surface area contributed by atoms with Gasteiger partial charge in [0.05, 0.1) is 13.2 Å². The van der Waals surface area contributed by atoms with Crippen molar-refractivity contribution in [3.63, 3.8) is 0 Å². The number of ether oxygens (including phenoxy) is 1. The van der Waals surface area contributed by atoms with Crippen LogP contribution in [0.4, 0.5) is 0 Å². The van der Waals surface area contributed by atoms with Gasteiger partial charge in [0.25, 0.3) is 0 Å². The third-order valence-corrected chi connectivity index (χ3v) is 4.10. The summed E-state index contributed by atoms with van der Waals surface area (Å²) in [6.45, 7) is 3.46. The van der Waals surface area contributed by atoms with Crippen molar-refractivity contribution in [2.45, 2.75) is 38.7 Å². The Morgan fingerprint density at radius 2 is 2.05 bits per heavy atom. The van der Waals surface area contributed by atoms with Crippen LogP contribution in [0, 0.1) is 5.92 Å². The molecule has 1 aromatic rings. The number of piperidine rings is 1. The summed E-state index contributed by atoms with van der Waals surface area (Å²) in [6, 6.07) is 7.96. The number of likely N-dealkylation sites (tertiary alicyclic amines) is 1. The lowest BCUT2D eigenvalue weighted by molar-refractivity contribution is -0.134. The molecule has 0 saturated carbocycles. The van der Waals surface area contributed by atoms with E-state index in [2.05, 4.69) is 13.0 Å². The van der Waals surface area contributed by atoms with Gasteiger partial charge in [-0.25, -0.2) is 0 Å². The van der Waals surface area contributed by atoms with Crippen molar-refractivity contribution in [3.8, 4) is 5.75 Å². The van der Waals surface area contributed by atoms with Crippen molar-refractivity contribution in [1.29, 1.82) is 0 Å². The van der Waals surface area contributed by atoms with Crippen LogP contribution < -0.4 is 4.74 Å². The predicted octanol–water partition coefficient (Wildman–Crippen LogP) is 2.25. The maximum atomic E-state index is 12.3. The molecule has 1 aliphatic rings. The molecule has 1 N–H and O–H groups in total. The summed E-state index contributed by atoms with van der Waals surface area (Å²) in [5.41, 5.74) is 1.15. The number of methoxy groups -OCH3 is 1. The van der Waals surface area contributed by atoms with Crippen molar-refractivity contribution in [3.05, 3.63) is 29.8 Å². The maximum Gasteiger partial charge on any atom is 0.222 e. The summed E-state index contributed by atoms with van der Waals surface area (Å²) in [6.07, 6.45) is 2.56. The molecule has 0 radical (unpaired) electrons. The fraction of sp³-hybridized carbons (Fsp3) is 0.588. The Kier molecular flexibility index (Phi) is 5.62. The molecule has 1 amide bonds. The summed E-state index contributed by atoms with van der Waals surface area (Å²) in [7, 11) is 1.67. The molecular weight excluding hydrogens is 266 g/mol. The molecule has 21 heavy (non-hydrogen) atoms. The lowest BCUT2D eigenvalue weighted by Crippen LogP contribution is -2.40. The smallest absolute Gasteiger partial charge is 0.222 e. The Balaban J connectivity index is 1.86. The van der Waals surface area contributed by atoms with E-state index in [1.165, 1.54) is 0 Å². The van der Waals surface area contributed by atoms with Crippen LogP contribution in [0.15, 0.2) is 24.3 Å². The summed E-state index contributed by atoms with van der Waals surface area (Å²) in [4.78, 5) is 14.2. The standard InChI is InChI=1S/C17H25NO3/c1-13(11-14-5-3-4-6-16(14)21-2)12-17(20)18-9-7-15(19)8-10-18/h3-6,13,15,19H,7-12H2,1-2H3. The fourth-order valence-electron chi connectivity index (χ4n) is 2.86. The van der Waals surface area contributed by atoms with Crippen LogP contribution in [0.5, 0.6) is 5.75 Å². The second kappa shape index (κ2) is 7.46. The summed E-state index contributed by atoms with van der Waals surface area (Å²) in [5.74, 6) is 1.36. The molecule has 4 nitrogen and oxygen atoms in total. The number of benzene rings is 1. The number of hydrogen-bond donors (Lipinski definition) is 1. The van der Waals surface area contributed by atoms with Gasteiger partial charge in [0.15, 0.2) is 0 Å². The number of hydrogen-bond acceptors (Lipinski definition) is 3. The van der Waals surface area contributed by atoms with E-state index >= 15 is 0 Å². The summed E-state index contributed by atoms with van der Waals surface area (Å²) in [5, 5.41) is 9.49. The molecule has 1 heterocycles. The van der Waals surface area contributed by atoms with Gasteiger partial charge in [0.2, 0.25) is 5.91 Å². The predicted molar refractivity (Wildman–Crippen MR) is 82.3 cm³/mol. The van der Waals surface area contributed by atoms with Crippen molar-refractivity contribution in [2.75, 3.05) is 20.2 Å². The maximum absolute atomic E-state index is 12.3. The topological polar surface area (TPSA) is 49.8 Å². The Morgan fingerprint density at radius 1 is 1.38 bits per heavy atom. The average molecular weight is 291 g/mol. The zero-order valence-electron chi connectivity index (χ0n) is 12.9. The zero-order chi connectivity index (χ0) is 15.2. The Bertz CT molecular complexity index is 467. The molecule has 0 bridgehead atoms. The summed E-state index contributed by atoms with van der Waals surface area (Å²) >= 11 is 0. The molecule has 1 unspecified atom stereocenters. The highest BCUT2D eigenvalue weighted by molar-refractivity contribution is 5.76. The number of aliphatic hydroxyl groups is 1. The van der Waals surface area contributed by atoms with Crippen molar-refractivity contribution < 1.29 is 14.6 Å². The second-order valence-electron chi connectivity index (χ2n) is 5.94. The zero-order valence-corrected chi connectivity index (χ0v) is 12.9. The van der Waals surface area contributed by atoms with Gasteiger partial charge in [-0.3, -0.25) is 4.79 Å². The first-order chi connectivity index (χ1) is 10.1. The Labute approximate surface area is 126 Å². The van der Waals surface area contributed by atoms with Crippen molar-refractivity contribution in [1.82, 2.24) is 4.90 Å². The van der Waals surface area contributed by atoms with Crippen LogP contribution in [0.3, 0.4) is 0 Å². The number of carbonyl (C=O) groups is 1. The molecule has 1 aliphatic heterocycles. The monoisotopic (exact) mass is 291 g/mol.